The Labute approximate surface area is 84.6 Å². The summed E-state index contributed by atoms with van der Waals surface area (Å²) in [6, 6.07) is 6.23. The van der Waals surface area contributed by atoms with Crippen molar-refractivity contribution in [1.29, 1.82) is 0 Å². The van der Waals surface area contributed by atoms with Gasteiger partial charge in [-0.25, -0.2) is 4.79 Å². The summed E-state index contributed by atoms with van der Waals surface area (Å²) >= 11 is 4.79. The molecule has 1 aromatic carbocycles. The molecule has 0 aliphatic rings. The largest absolute Gasteiger partial charge is 0.404 e. The van der Waals surface area contributed by atoms with Crippen LogP contribution >= 0.6 is 11.9 Å². The van der Waals surface area contributed by atoms with Crippen molar-refractivity contribution in [3.63, 3.8) is 0 Å². The van der Waals surface area contributed by atoms with Gasteiger partial charge in [-0.3, -0.25) is 10.1 Å². The van der Waals surface area contributed by atoms with Crippen molar-refractivity contribution >= 4 is 17.8 Å². The van der Waals surface area contributed by atoms with Crippen LogP contribution in [0.25, 0.3) is 0 Å². The molecule has 1 aromatic rings. The minimum Gasteiger partial charge on any atom is -0.341 e. The topological polar surface area (TPSA) is 69.4 Å². The van der Waals surface area contributed by atoms with Crippen LogP contribution in [-0.4, -0.2) is 10.9 Å². The summed E-state index contributed by atoms with van der Waals surface area (Å²) in [6.07, 6.45) is 0. The van der Waals surface area contributed by atoms with Gasteiger partial charge in [0.1, 0.15) is 11.9 Å². The van der Waals surface area contributed by atoms with E-state index in [1.165, 1.54) is 12.1 Å². The van der Waals surface area contributed by atoms with E-state index in [1.807, 2.05) is 0 Å². The normalized spacial score (nSPS) is 11.8. The third-order valence-electron chi connectivity index (χ3n) is 1.63. The van der Waals surface area contributed by atoms with Gasteiger partial charge in [0.25, 0.3) is 0 Å². The lowest BCUT2D eigenvalue weighted by atomic mass is 10.1. The quantitative estimate of drug-likeness (QED) is 0.568. The first kappa shape index (κ1) is 10.5. The van der Waals surface area contributed by atoms with E-state index < -0.39 is 16.9 Å². The maximum absolute atomic E-state index is 11.0. The van der Waals surface area contributed by atoms with Gasteiger partial charge in [0.2, 0.25) is 0 Å². The molecule has 0 bridgehead atoms. The molecular weight excluding hydrogens is 210 g/mol. The van der Waals surface area contributed by atoms with Gasteiger partial charge in [-0.2, -0.15) is 0 Å². The van der Waals surface area contributed by atoms with Gasteiger partial charge >= 0.3 is 12.0 Å². The number of benzene rings is 1. The molecule has 0 radical (unpaired) electrons. The van der Waals surface area contributed by atoms with Gasteiger partial charge in [-0.1, -0.05) is 30.3 Å². The number of nitrogens with zero attached hydrogens (tertiary/aromatic N) is 1. The zero-order valence-corrected chi connectivity index (χ0v) is 7.68. The Bertz CT molecular complexity index is 340. The Morgan fingerprint density at radius 1 is 1.43 bits per heavy atom. The third-order valence-corrected chi connectivity index (χ3v) is 1.78. The Morgan fingerprint density at radius 3 is 2.43 bits per heavy atom. The van der Waals surface area contributed by atoms with Crippen LogP contribution in [0.1, 0.15) is 11.6 Å². The maximum Gasteiger partial charge on any atom is 0.404 e. The second-order valence-electron chi connectivity index (χ2n) is 2.49. The maximum atomic E-state index is 11.0. The number of halogens is 1. The van der Waals surface area contributed by atoms with E-state index in [-0.39, 0.29) is 5.56 Å². The van der Waals surface area contributed by atoms with Crippen LogP contribution in [0.3, 0.4) is 0 Å². The molecular formula is C8H6ClNO4. The summed E-state index contributed by atoms with van der Waals surface area (Å²) in [5, 5.41) is 10.5. The fourth-order valence-corrected chi connectivity index (χ4v) is 1.11. The van der Waals surface area contributed by atoms with Crippen molar-refractivity contribution in [2.75, 3.05) is 0 Å². The summed E-state index contributed by atoms with van der Waals surface area (Å²) < 4.78 is 3.82. The predicted octanol–water partition coefficient (Wildman–Crippen LogP) is 1.70. The standard InChI is InChI=1S/C8H6ClNO4/c9-14-8(11)7(10(12)13)6-4-2-1-3-5-6/h1-5,7H. The molecule has 0 aliphatic heterocycles. The van der Waals surface area contributed by atoms with Crippen molar-refractivity contribution in [1.82, 2.24) is 0 Å². The van der Waals surface area contributed by atoms with Crippen LogP contribution in [0, 0.1) is 10.1 Å². The highest BCUT2D eigenvalue weighted by atomic mass is 35.5. The van der Waals surface area contributed by atoms with Gasteiger partial charge in [0.05, 0.1) is 0 Å². The molecule has 6 heteroatoms. The number of hydrogen-bond acceptors (Lipinski definition) is 4. The molecule has 0 saturated heterocycles. The first-order chi connectivity index (χ1) is 6.66. The van der Waals surface area contributed by atoms with Crippen molar-refractivity contribution < 1.29 is 14.0 Å². The van der Waals surface area contributed by atoms with Gasteiger partial charge in [-0.05, 0) is 0 Å². The minimum absolute atomic E-state index is 0.239. The van der Waals surface area contributed by atoms with Crippen LogP contribution in [0.4, 0.5) is 0 Å². The fourth-order valence-electron chi connectivity index (χ4n) is 1.02. The predicted molar refractivity (Wildman–Crippen MR) is 48.1 cm³/mol. The summed E-state index contributed by atoms with van der Waals surface area (Å²) in [6.45, 7) is 0. The van der Waals surface area contributed by atoms with E-state index in [2.05, 4.69) is 4.29 Å². The van der Waals surface area contributed by atoms with Gasteiger partial charge in [0, 0.05) is 10.5 Å². The number of carbonyl (C=O) groups excluding carboxylic acids is 1. The first-order valence-corrected chi connectivity index (χ1v) is 3.98. The number of nitro groups is 1. The lowest BCUT2D eigenvalue weighted by molar-refractivity contribution is -0.515. The Kier molecular flexibility index (Phi) is 3.41. The molecule has 74 valence electrons. The van der Waals surface area contributed by atoms with E-state index in [4.69, 9.17) is 11.9 Å². The summed E-state index contributed by atoms with van der Waals surface area (Å²) in [5.41, 5.74) is 0.239. The molecule has 1 unspecified atom stereocenters. The molecule has 0 heterocycles. The number of carbonyl (C=O) groups is 1. The summed E-state index contributed by atoms with van der Waals surface area (Å²) in [7, 11) is 0. The molecule has 1 atom stereocenters. The highest BCUT2D eigenvalue weighted by Gasteiger charge is 2.33. The van der Waals surface area contributed by atoms with Crippen molar-refractivity contribution in [3.05, 3.63) is 46.0 Å². The lowest BCUT2D eigenvalue weighted by Gasteiger charge is -2.04. The Balaban J connectivity index is 3.01. The van der Waals surface area contributed by atoms with Crippen LogP contribution in [0.5, 0.6) is 0 Å². The zero-order chi connectivity index (χ0) is 10.6. The van der Waals surface area contributed by atoms with E-state index in [9.17, 15) is 14.9 Å². The molecule has 5 nitrogen and oxygen atoms in total. The van der Waals surface area contributed by atoms with Crippen molar-refractivity contribution in [3.8, 4) is 0 Å². The molecule has 0 saturated carbocycles. The monoisotopic (exact) mass is 215 g/mol. The van der Waals surface area contributed by atoms with E-state index in [1.54, 1.807) is 18.2 Å². The molecule has 0 N–H and O–H groups in total. The summed E-state index contributed by atoms with van der Waals surface area (Å²) in [5.74, 6) is -1.09. The average Bonchev–Trinajstić information content (AvgIpc) is 2.19. The molecule has 0 aromatic heterocycles. The second-order valence-corrected chi connectivity index (χ2v) is 2.65. The average molecular weight is 216 g/mol. The van der Waals surface area contributed by atoms with Crippen molar-refractivity contribution in [2.24, 2.45) is 0 Å². The smallest absolute Gasteiger partial charge is 0.341 e. The Hall–Kier alpha value is -1.62. The van der Waals surface area contributed by atoms with E-state index in [0.29, 0.717) is 0 Å². The van der Waals surface area contributed by atoms with Gasteiger partial charge in [0.15, 0.2) is 0 Å². The molecule has 0 fully saturated rings. The first-order valence-electron chi connectivity index (χ1n) is 3.67. The van der Waals surface area contributed by atoms with Gasteiger partial charge in [-0.15, -0.1) is 0 Å². The van der Waals surface area contributed by atoms with E-state index in [0.717, 1.165) is 0 Å². The number of hydrogen-bond donors (Lipinski definition) is 0. The molecule has 0 aliphatic carbocycles. The fraction of sp³-hybridized carbons (Fsp3) is 0.125. The Morgan fingerprint density at radius 2 is 2.00 bits per heavy atom. The SMILES string of the molecule is O=C(OCl)C(c1ccccc1)[N+](=O)[O-]. The summed E-state index contributed by atoms with van der Waals surface area (Å²) in [4.78, 5) is 20.8. The van der Waals surface area contributed by atoms with Crippen LogP contribution in [-0.2, 0) is 9.08 Å². The molecule has 1 rings (SSSR count). The second kappa shape index (κ2) is 4.57. The lowest BCUT2D eigenvalue weighted by Crippen LogP contribution is -2.20. The minimum atomic E-state index is -1.56. The third kappa shape index (κ3) is 2.20. The van der Waals surface area contributed by atoms with Crippen LogP contribution in [0.2, 0.25) is 0 Å². The molecule has 14 heavy (non-hydrogen) atoms. The van der Waals surface area contributed by atoms with Crippen LogP contribution in [0.15, 0.2) is 30.3 Å². The highest BCUT2D eigenvalue weighted by Crippen LogP contribution is 2.18. The zero-order valence-electron chi connectivity index (χ0n) is 6.92. The highest BCUT2D eigenvalue weighted by molar-refractivity contribution is 6.13. The van der Waals surface area contributed by atoms with E-state index >= 15 is 0 Å². The number of rotatable bonds is 3. The molecule has 0 spiro atoms. The van der Waals surface area contributed by atoms with Gasteiger partial charge < -0.3 is 4.29 Å². The molecule has 0 amide bonds. The van der Waals surface area contributed by atoms with Crippen LogP contribution < -0.4 is 0 Å². The van der Waals surface area contributed by atoms with Crippen molar-refractivity contribution in [2.45, 2.75) is 6.04 Å².